The first-order valence-electron chi connectivity index (χ1n) is 6.47. The molecule has 1 aromatic rings. The average molecular weight is 233 g/mol. The van der Waals surface area contributed by atoms with E-state index in [0.29, 0.717) is 5.92 Å². The van der Waals surface area contributed by atoms with E-state index in [0.717, 1.165) is 6.54 Å². The maximum atomic E-state index is 2.35. The molecule has 0 aliphatic carbocycles. The molecule has 0 amide bonds. The minimum absolute atomic E-state index is 0.224. The number of hydrogen-bond acceptors (Lipinski definition) is 1. The van der Waals surface area contributed by atoms with Crippen molar-refractivity contribution in [1.82, 2.24) is 4.90 Å². The first-order valence-corrected chi connectivity index (χ1v) is 6.47. The van der Waals surface area contributed by atoms with Crippen LogP contribution in [-0.4, -0.2) is 25.5 Å². The Morgan fingerprint density at radius 1 is 1.18 bits per heavy atom. The predicted octanol–water partition coefficient (Wildman–Crippen LogP) is 3.96. The van der Waals surface area contributed by atoms with Gasteiger partial charge >= 0.3 is 0 Å². The molecule has 1 unspecified atom stereocenters. The highest BCUT2D eigenvalue weighted by atomic mass is 15.1. The summed E-state index contributed by atoms with van der Waals surface area (Å²) in [6.45, 7) is 12.5. The highest BCUT2D eigenvalue weighted by Gasteiger charge is 2.21. The van der Waals surface area contributed by atoms with Crippen LogP contribution in [0, 0.1) is 6.92 Å². The Bertz CT molecular complexity index is 372. The summed E-state index contributed by atoms with van der Waals surface area (Å²) < 4.78 is 0. The fraction of sp³-hybridized carbons (Fsp3) is 0.625. The zero-order valence-electron chi connectivity index (χ0n) is 12.5. The van der Waals surface area contributed by atoms with Gasteiger partial charge in [-0.15, -0.1) is 0 Å². The molecule has 0 bridgehead atoms. The fourth-order valence-corrected chi connectivity index (χ4v) is 2.40. The van der Waals surface area contributed by atoms with Crippen molar-refractivity contribution in [2.24, 2.45) is 0 Å². The van der Waals surface area contributed by atoms with E-state index in [1.165, 1.54) is 16.7 Å². The van der Waals surface area contributed by atoms with Crippen LogP contribution in [-0.2, 0) is 5.41 Å². The summed E-state index contributed by atoms with van der Waals surface area (Å²) in [5.41, 5.74) is 4.57. The van der Waals surface area contributed by atoms with Crippen LogP contribution in [0.1, 0.15) is 50.3 Å². The summed E-state index contributed by atoms with van der Waals surface area (Å²) in [5.74, 6) is 0.583. The molecule has 0 heterocycles. The first kappa shape index (κ1) is 14.2. The van der Waals surface area contributed by atoms with Crippen molar-refractivity contribution in [1.29, 1.82) is 0 Å². The Morgan fingerprint density at radius 3 is 2.24 bits per heavy atom. The second-order valence-electron chi connectivity index (χ2n) is 6.50. The third kappa shape index (κ3) is 3.85. The molecule has 17 heavy (non-hydrogen) atoms. The van der Waals surface area contributed by atoms with Gasteiger partial charge in [-0.25, -0.2) is 0 Å². The quantitative estimate of drug-likeness (QED) is 0.764. The molecular weight excluding hydrogens is 206 g/mol. The Kier molecular flexibility index (Phi) is 4.37. The predicted molar refractivity (Wildman–Crippen MR) is 76.8 cm³/mol. The zero-order valence-corrected chi connectivity index (χ0v) is 12.5. The van der Waals surface area contributed by atoms with Gasteiger partial charge in [-0.1, -0.05) is 51.5 Å². The SMILES string of the molecule is Cc1ccc(C(C)CN(C)C)c(C(C)(C)C)c1. The summed E-state index contributed by atoms with van der Waals surface area (Å²) in [7, 11) is 4.28. The van der Waals surface area contributed by atoms with Crippen molar-refractivity contribution in [2.45, 2.75) is 46.0 Å². The van der Waals surface area contributed by atoms with Gasteiger partial charge in [0.2, 0.25) is 0 Å². The van der Waals surface area contributed by atoms with Gasteiger partial charge < -0.3 is 4.90 Å². The molecule has 0 aliphatic rings. The van der Waals surface area contributed by atoms with E-state index in [4.69, 9.17) is 0 Å². The molecule has 0 aromatic heterocycles. The van der Waals surface area contributed by atoms with Crippen molar-refractivity contribution in [3.8, 4) is 0 Å². The van der Waals surface area contributed by atoms with Crippen LogP contribution in [0.3, 0.4) is 0 Å². The zero-order chi connectivity index (χ0) is 13.2. The number of aryl methyl sites for hydroxylation is 1. The second-order valence-corrected chi connectivity index (χ2v) is 6.50. The summed E-state index contributed by atoms with van der Waals surface area (Å²) >= 11 is 0. The van der Waals surface area contributed by atoms with Gasteiger partial charge in [0.1, 0.15) is 0 Å². The molecular formula is C16H27N. The fourth-order valence-electron chi connectivity index (χ4n) is 2.40. The Balaban J connectivity index is 3.15. The van der Waals surface area contributed by atoms with Gasteiger partial charge in [-0.05, 0) is 43.5 Å². The first-order chi connectivity index (χ1) is 7.71. The van der Waals surface area contributed by atoms with Crippen LogP contribution >= 0.6 is 0 Å². The van der Waals surface area contributed by atoms with Crippen LogP contribution in [0.4, 0.5) is 0 Å². The lowest BCUT2D eigenvalue weighted by Crippen LogP contribution is -2.22. The van der Waals surface area contributed by atoms with Crippen LogP contribution < -0.4 is 0 Å². The molecule has 0 saturated heterocycles. The van der Waals surface area contributed by atoms with Gasteiger partial charge in [0.15, 0.2) is 0 Å². The molecule has 1 heteroatoms. The highest BCUT2D eigenvalue weighted by Crippen LogP contribution is 2.31. The monoisotopic (exact) mass is 233 g/mol. The number of nitrogens with zero attached hydrogens (tertiary/aromatic N) is 1. The molecule has 1 atom stereocenters. The molecule has 1 aromatic carbocycles. The van der Waals surface area contributed by atoms with Crippen LogP contribution in [0.15, 0.2) is 18.2 Å². The summed E-state index contributed by atoms with van der Waals surface area (Å²) in [4.78, 5) is 2.26. The number of hydrogen-bond donors (Lipinski definition) is 0. The normalized spacial score (nSPS) is 14.1. The summed E-state index contributed by atoms with van der Waals surface area (Å²) in [6.07, 6.45) is 0. The van der Waals surface area contributed by atoms with Crippen molar-refractivity contribution in [2.75, 3.05) is 20.6 Å². The molecule has 0 fully saturated rings. The van der Waals surface area contributed by atoms with E-state index in [9.17, 15) is 0 Å². The Hall–Kier alpha value is -0.820. The van der Waals surface area contributed by atoms with E-state index in [2.05, 4.69) is 71.8 Å². The van der Waals surface area contributed by atoms with E-state index in [1.54, 1.807) is 0 Å². The molecule has 0 spiro atoms. The largest absolute Gasteiger partial charge is 0.309 e. The maximum Gasteiger partial charge on any atom is 0.00416 e. The molecule has 1 nitrogen and oxygen atoms in total. The molecule has 96 valence electrons. The topological polar surface area (TPSA) is 3.24 Å². The standard InChI is InChI=1S/C16H27N/c1-12-8-9-14(13(2)11-17(6)7)15(10-12)16(3,4)5/h8-10,13H,11H2,1-7H3. The van der Waals surface area contributed by atoms with E-state index < -0.39 is 0 Å². The van der Waals surface area contributed by atoms with Crippen LogP contribution in [0.25, 0.3) is 0 Å². The number of rotatable bonds is 3. The highest BCUT2D eigenvalue weighted by molar-refractivity contribution is 5.38. The lowest BCUT2D eigenvalue weighted by molar-refractivity contribution is 0.380. The van der Waals surface area contributed by atoms with Crippen LogP contribution in [0.5, 0.6) is 0 Å². The average Bonchev–Trinajstić information content (AvgIpc) is 2.14. The van der Waals surface area contributed by atoms with E-state index >= 15 is 0 Å². The van der Waals surface area contributed by atoms with Gasteiger partial charge in [0, 0.05) is 6.54 Å². The minimum Gasteiger partial charge on any atom is -0.309 e. The molecule has 0 saturated carbocycles. The second kappa shape index (κ2) is 5.22. The maximum absolute atomic E-state index is 2.35. The number of benzene rings is 1. The van der Waals surface area contributed by atoms with Crippen LogP contribution in [0.2, 0.25) is 0 Å². The molecule has 1 rings (SSSR count). The summed E-state index contributed by atoms with van der Waals surface area (Å²) in [6, 6.07) is 6.89. The van der Waals surface area contributed by atoms with Crippen molar-refractivity contribution >= 4 is 0 Å². The van der Waals surface area contributed by atoms with Gasteiger partial charge in [0.05, 0.1) is 0 Å². The lowest BCUT2D eigenvalue weighted by Gasteiger charge is -2.27. The minimum atomic E-state index is 0.224. The van der Waals surface area contributed by atoms with Gasteiger partial charge in [0.25, 0.3) is 0 Å². The van der Waals surface area contributed by atoms with Gasteiger partial charge in [-0.3, -0.25) is 0 Å². The van der Waals surface area contributed by atoms with Crippen molar-refractivity contribution in [3.63, 3.8) is 0 Å². The third-order valence-electron chi connectivity index (χ3n) is 3.19. The van der Waals surface area contributed by atoms with Crippen molar-refractivity contribution < 1.29 is 0 Å². The van der Waals surface area contributed by atoms with Gasteiger partial charge in [-0.2, -0.15) is 0 Å². The molecule has 0 radical (unpaired) electrons. The van der Waals surface area contributed by atoms with Crippen molar-refractivity contribution in [3.05, 3.63) is 34.9 Å². The molecule has 0 N–H and O–H groups in total. The Labute approximate surface area is 107 Å². The van der Waals surface area contributed by atoms with E-state index in [-0.39, 0.29) is 5.41 Å². The third-order valence-corrected chi connectivity index (χ3v) is 3.19. The molecule has 0 aliphatic heterocycles. The lowest BCUT2D eigenvalue weighted by atomic mass is 9.79. The van der Waals surface area contributed by atoms with E-state index in [1.807, 2.05) is 0 Å². The smallest absolute Gasteiger partial charge is 0.00416 e. The number of likely N-dealkylation sites (N-methyl/N-ethyl adjacent to an activating group) is 1. The summed E-state index contributed by atoms with van der Waals surface area (Å²) in [5, 5.41) is 0. The Morgan fingerprint density at radius 2 is 1.76 bits per heavy atom.